The molecule has 0 aromatic heterocycles. The first kappa shape index (κ1) is 21.3. The molecule has 164 valence electrons. The summed E-state index contributed by atoms with van der Waals surface area (Å²) in [6.07, 6.45) is 1.62. The lowest BCUT2D eigenvalue weighted by atomic mass is 9.55. The normalized spacial score (nSPS) is 25.8. The smallest absolute Gasteiger partial charge is 0.402 e. The van der Waals surface area contributed by atoms with E-state index in [1.54, 1.807) is 30.3 Å². The summed E-state index contributed by atoms with van der Waals surface area (Å²) >= 11 is 0. The topological polar surface area (TPSA) is 49.7 Å². The molecule has 3 aromatic rings. The molecule has 3 nitrogen and oxygen atoms in total. The SMILES string of the molecule is OB(O)OC12CCC(C1)C(c1cccc(F)c1)C2(c1cccc(F)c1)c1cccc(F)c1. The van der Waals surface area contributed by atoms with E-state index < -0.39 is 41.7 Å². The van der Waals surface area contributed by atoms with Gasteiger partial charge < -0.3 is 14.7 Å². The van der Waals surface area contributed by atoms with Gasteiger partial charge in [0.15, 0.2) is 0 Å². The summed E-state index contributed by atoms with van der Waals surface area (Å²) in [5.41, 5.74) is -0.580. The molecular formula is C25H22BF3O3. The Labute approximate surface area is 184 Å². The van der Waals surface area contributed by atoms with Crippen LogP contribution in [0.4, 0.5) is 13.2 Å². The highest BCUT2D eigenvalue weighted by Gasteiger charge is 2.70. The fourth-order valence-electron chi connectivity index (χ4n) is 6.47. The van der Waals surface area contributed by atoms with E-state index in [2.05, 4.69) is 0 Å². The lowest BCUT2D eigenvalue weighted by molar-refractivity contribution is -0.0222. The van der Waals surface area contributed by atoms with E-state index in [0.29, 0.717) is 36.0 Å². The van der Waals surface area contributed by atoms with Crippen molar-refractivity contribution in [3.8, 4) is 0 Å². The summed E-state index contributed by atoms with van der Waals surface area (Å²) in [5, 5.41) is 19.8. The molecule has 2 fully saturated rings. The van der Waals surface area contributed by atoms with Crippen molar-refractivity contribution in [3.05, 3.63) is 107 Å². The van der Waals surface area contributed by atoms with Gasteiger partial charge in [-0.2, -0.15) is 0 Å². The van der Waals surface area contributed by atoms with E-state index in [9.17, 15) is 23.2 Å². The quantitative estimate of drug-likeness (QED) is 0.568. The number of benzene rings is 3. The first-order valence-corrected chi connectivity index (χ1v) is 10.7. The number of hydrogen-bond donors (Lipinski definition) is 2. The number of hydrogen-bond acceptors (Lipinski definition) is 3. The summed E-state index contributed by atoms with van der Waals surface area (Å²) in [7, 11) is -2.07. The third kappa shape index (κ3) is 3.11. The molecule has 2 bridgehead atoms. The van der Waals surface area contributed by atoms with Crippen LogP contribution < -0.4 is 0 Å². The third-order valence-electron chi connectivity index (χ3n) is 7.27. The van der Waals surface area contributed by atoms with Gasteiger partial charge in [-0.15, -0.1) is 0 Å². The van der Waals surface area contributed by atoms with Gasteiger partial charge in [0.05, 0.1) is 11.0 Å². The minimum absolute atomic E-state index is 0.0120. The van der Waals surface area contributed by atoms with E-state index in [-0.39, 0.29) is 5.92 Å². The molecule has 2 N–H and O–H groups in total. The van der Waals surface area contributed by atoms with Crippen LogP contribution in [0.15, 0.2) is 72.8 Å². The second kappa shape index (κ2) is 7.76. The molecule has 0 amide bonds. The predicted molar refractivity (Wildman–Crippen MR) is 114 cm³/mol. The highest BCUT2D eigenvalue weighted by molar-refractivity contribution is 6.32. The van der Waals surface area contributed by atoms with Crippen molar-refractivity contribution in [2.45, 2.75) is 36.2 Å². The Morgan fingerprint density at radius 2 is 1.38 bits per heavy atom. The van der Waals surface area contributed by atoms with Gasteiger partial charge in [0.1, 0.15) is 17.5 Å². The zero-order valence-corrected chi connectivity index (χ0v) is 17.2. The minimum Gasteiger partial charge on any atom is -0.402 e. The first-order chi connectivity index (χ1) is 15.4. The average Bonchev–Trinajstić information content (AvgIpc) is 3.27. The van der Waals surface area contributed by atoms with Crippen molar-refractivity contribution in [2.24, 2.45) is 5.92 Å². The Morgan fingerprint density at radius 1 is 0.812 bits per heavy atom. The van der Waals surface area contributed by atoms with E-state index in [1.807, 2.05) is 6.07 Å². The van der Waals surface area contributed by atoms with Crippen LogP contribution >= 0.6 is 0 Å². The van der Waals surface area contributed by atoms with E-state index >= 15 is 0 Å². The van der Waals surface area contributed by atoms with Crippen molar-refractivity contribution < 1.29 is 27.9 Å². The highest BCUT2D eigenvalue weighted by Crippen LogP contribution is 2.70. The zero-order chi connectivity index (χ0) is 22.5. The van der Waals surface area contributed by atoms with Crippen molar-refractivity contribution in [2.75, 3.05) is 0 Å². The molecule has 0 spiro atoms. The van der Waals surface area contributed by atoms with Crippen molar-refractivity contribution in [1.29, 1.82) is 0 Å². The van der Waals surface area contributed by atoms with Gasteiger partial charge in [-0.05, 0) is 78.3 Å². The minimum atomic E-state index is -2.07. The predicted octanol–water partition coefficient (Wildman–Crippen LogP) is 4.71. The Kier molecular flexibility index (Phi) is 5.16. The Morgan fingerprint density at radius 3 is 1.91 bits per heavy atom. The van der Waals surface area contributed by atoms with Gasteiger partial charge in [0.2, 0.25) is 0 Å². The Bertz CT molecular complexity index is 1110. The lowest BCUT2D eigenvalue weighted by Crippen LogP contribution is -2.56. The first-order valence-electron chi connectivity index (χ1n) is 10.7. The van der Waals surface area contributed by atoms with Gasteiger partial charge in [0.25, 0.3) is 0 Å². The van der Waals surface area contributed by atoms with Crippen LogP contribution in [0, 0.1) is 23.4 Å². The second-order valence-electron chi connectivity index (χ2n) is 8.80. The summed E-state index contributed by atoms with van der Waals surface area (Å²) in [6.45, 7) is 0. The van der Waals surface area contributed by atoms with Crippen LogP contribution in [0.3, 0.4) is 0 Å². The maximum absolute atomic E-state index is 14.5. The molecule has 2 aliphatic rings. The Hall–Kier alpha value is -2.61. The molecule has 2 saturated carbocycles. The fraction of sp³-hybridized carbons (Fsp3) is 0.280. The Balaban J connectivity index is 1.88. The number of halogens is 3. The van der Waals surface area contributed by atoms with Gasteiger partial charge in [-0.1, -0.05) is 36.4 Å². The van der Waals surface area contributed by atoms with Crippen molar-refractivity contribution in [1.82, 2.24) is 0 Å². The monoisotopic (exact) mass is 438 g/mol. The van der Waals surface area contributed by atoms with Crippen molar-refractivity contribution >= 4 is 7.32 Å². The van der Waals surface area contributed by atoms with Gasteiger partial charge in [0, 0.05) is 5.92 Å². The van der Waals surface area contributed by atoms with E-state index in [1.165, 1.54) is 36.4 Å². The molecule has 32 heavy (non-hydrogen) atoms. The van der Waals surface area contributed by atoms with Crippen LogP contribution in [0.5, 0.6) is 0 Å². The molecule has 3 unspecified atom stereocenters. The summed E-state index contributed by atoms with van der Waals surface area (Å²) in [5.74, 6) is -1.76. The lowest BCUT2D eigenvalue weighted by Gasteiger charge is -2.52. The van der Waals surface area contributed by atoms with Gasteiger partial charge in [-0.3, -0.25) is 0 Å². The highest BCUT2D eigenvalue weighted by atomic mass is 19.1. The molecule has 0 saturated heterocycles. The molecule has 0 radical (unpaired) electrons. The van der Waals surface area contributed by atoms with E-state index in [4.69, 9.17) is 4.65 Å². The largest absolute Gasteiger partial charge is 0.634 e. The van der Waals surface area contributed by atoms with Gasteiger partial charge >= 0.3 is 7.32 Å². The molecule has 3 atom stereocenters. The number of rotatable bonds is 5. The van der Waals surface area contributed by atoms with Crippen LogP contribution in [0.1, 0.15) is 41.9 Å². The zero-order valence-electron chi connectivity index (χ0n) is 17.2. The maximum Gasteiger partial charge on any atom is 0.634 e. The fourth-order valence-corrected chi connectivity index (χ4v) is 6.47. The molecule has 3 aromatic carbocycles. The van der Waals surface area contributed by atoms with Crippen LogP contribution in [0.25, 0.3) is 0 Å². The summed E-state index contributed by atoms with van der Waals surface area (Å²) < 4.78 is 49.2. The summed E-state index contributed by atoms with van der Waals surface area (Å²) in [4.78, 5) is 0. The van der Waals surface area contributed by atoms with Crippen molar-refractivity contribution in [3.63, 3.8) is 0 Å². The second-order valence-corrected chi connectivity index (χ2v) is 8.80. The van der Waals surface area contributed by atoms with Crippen LogP contribution in [-0.2, 0) is 10.1 Å². The summed E-state index contributed by atoms with van der Waals surface area (Å²) in [6, 6.07) is 18.3. The molecule has 7 heteroatoms. The van der Waals surface area contributed by atoms with Crippen LogP contribution in [-0.4, -0.2) is 23.0 Å². The van der Waals surface area contributed by atoms with Crippen LogP contribution in [0.2, 0.25) is 0 Å². The average molecular weight is 438 g/mol. The van der Waals surface area contributed by atoms with Gasteiger partial charge in [-0.25, -0.2) is 13.2 Å². The molecule has 2 aliphatic carbocycles. The standard InChI is InChI=1S/C25H22BF3O3/c27-20-7-1-4-16(12-20)23-17-10-11-24(15-17,32-26(30)31)25(23,18-5-2-8-21(28)13-18)19-6-3-9-22(29)14-19/h1-9,12-14,17,23,30-31H,10-11,15H2. The molecule has 0 heterocycles. The number of fused-ring (bicyclic) bond motifs is 2. The molecule has 0 aliphatic heterocycles. The molecule has 5 rings (SSSR count). The molecular weight excluding hydrogens is 416 g/mol. The van der Waals surface area contributed by atoms with E-state index in [0.717, 1.165) is 0 Å². The third-order valence-corrected chi connectivity index (χ3v) is 7.27. The maximum atomic E-state index is 14.5.